The summed E-state index contributed by atoms with van der Waals surface area (Å²) in [6.07, 6.45) is -4.12. The number of cyclic esters (lactones) is 1. The Hall–Kier alpha value is -3.56. The topological polar surface area (TPSA) is 86.2 Å². The van der Waals surface area contributed by atoms with Crippen molar-refractivity contribution < 1.29 is 37.1 Å². The highest BCUT2D eigenvalue weighted by Gasteiger charge is 2.32. The molecule has 2 amide bonds. The lowest BCUT2D eigenvalue weighted by atomic mass is 10.1. The summed E-state index contributed by atoms with van der Waals surface area (Å²) in [4.78, 5) is 27.4. The highest BCUT2D eigenvalue weighted by Crippen LogP contribution is 2.29. The van der Waals surface area contributed by atoms with E-state index in [2.05, 4.69) is 5.16 Å². The van der Waals surface area contributed by atoms with Crippen molar-refractivity contribution in [3.63, 3.8) is 0 Å². The number of nitrogens with zero attached hydrogens (tertiary/aromatic N) is 1. The Balaban J connectivity index is 1.39. The number of oxime groups is 1. The molecule has 2 aromatic rings. The Kier molecular flexibility index (Phi) is 6.55. The van der Waals surface area contributed by atoms with E-state index in [1.807, 2.05) is 5.32 Å². The fourth-order valence-corrected chi connectivity index (χ4v) is 2.49. The monoisotopic (exact) mass is 422 g/mol. The molecule has 1 aliphatic rings. The third-order valence-electron chi connectivity index (χ3n) is 4.08. The number of ether oxygens (including phenoxy) is 2. The van der Waals surface area contributed by atoms with Crippen molar-refractivity contribution in [2.24, 2.45) is 5.16 Å². The van der Waals surface area contributed by atoms with Crippen molar-refractivity contribution in [3.8, 4) is 5.75 Å². The summed E-state index contributed by atoms with van der Waals surface area (Å²) < 4.78 is 47.7. The Morgan fingerprint density at radius 1 is 1.03 bits per heavy atom. The van der Waals surface area contributed by atoms with Gasteiger partial charge in [-0.3, -0.25) is 10.1 Å². The van der Waals surface area contributed by atoms with Crippen LogP contribution < -0.4 is 10.1 Å². The van der Waals surface area contributed by atoms with Crippen LogP contribution in [0.3, 0.4) is 0 Å². The van der Waals surface area contributed by atoms with Crippen molar-refractivity contribution in [2.45, 2.75) is 25.3 Å². The molecule has 0 aliphatic carbocycles. The third-order valence-corrected chi connectivity index (χ3v) is 4.08. The van der Waals surface area contributed by atoms with Crippen LogP contribution in [0.4, 0.5) is 18.0 Å². The summed E-state index contributed by atoms with van der Waals surface area (Å²) in [5.41, 5.74) is 0.771. The summed E-state index contributed by atoms with van der Waals surface area (Å²) in [5, 5.41) is 5.80. The molecular weight excluding hydrogens is 405 g/mol. The molecule has 1 heterocycles. The molecule has 1 fully saturated rings. The fourth-order valence-electron chi connectivity index (χ4n) is 2.49. The fraction of sp³-hybridized carbons (Fsp3) is 0.250. The van der Waals surface area contributed by atoms with Crippen LogP contribution >= 0.6 is 0 Å². The SMILES string of the molecule is O=C1NC(=O)C(COc2ccc(CC=NOCc3ccc(C(F)(F)F)cc3)cc2)O1. The molecule has 158 valence electrons. The minimum atomic E-state index is -4.36. The maximum Gasteiger partial charge on any atom is 0.416 e. The number of hydrogen-bond acceptors (Lipinski definition) is 6. The minimum absolute atomic E-state index is 0.0563. The number of alkyl carbamates (subject to hydrolysis) is 1. The first kappa shape index (κ1) is 21.2. The van der Waals surface area contributed by atoms with Gasteiger partial charge in [0.2, 0.25) is 6.10 Å². The van der Waals surface area contributed by atoms with Crippen molar-refractivity contribution in [3.05, 3.63) is 65.2 Å². The number of carbonyl (C=O) groups excluding carboxylic acids is 2. The molecule has 0 saturated carbocycles. The molecule has 1 aliphatic heterocycles. The van der Waals surface area contributed by atoms with Gasteiger partial charge in [0.1, 0.15) is 19.0 Å². The van der Waals surface area contributed by atoms with Gasteiger partial charge in [0.05, 0.1) is 5.56 Å². The first-order chi connectivity index (χ1) is 14.3. The lowest BCUT2D eigenvalue weighted by Crippen LogP contribution is -2.29. The van der Waals surface area contributed by atoms with Crippen LogP contribution in [0.2, 0.25) is 0 Å². The molecule has 1 atom stereocenters. The highest BCUT2D eigenvalue weighted by atomic mass is 19.4. The predicted octanol–water partition coefficient (Wildman–Crippen LogP) is 3.46. The van der Waals surface area contributed by atoms with Crippen LogP contribution in [-0.2, 0) is 33.6 Å². The van der Waals surface area contributed by atoms with E-state index in [9.17, 15) is 22.8 Å². The minimum Gasteiger partial charge on any atom is -0.489 e. The molecule has 3 rings (SSSR count). The number of halogens is 3. The number of rotatable bonds is 8. The number of benzene rings is 2. The Labute approximate surface area is 169 Å². The Bertz CT molecular complexity index is 912. The van der Waals surface area contributed by atoms with E-state index in [0.717, 1.165) is 17.7 Å². The Morgan fingerprint density at radius 3 is 2.30 bits per heavy atom. The molecule has 1 N–H and O–H groups in total. The van der Waals surface area contributed by atoms with E-state index in [1.165, 1.54) is 18.3 Å². The molecule has 1 unspecified atom stereocenters. The number of alkyl halides is 3. The number of nitrogens with one attached hydrogen (secondary N) is 1. The number of carbonyl (C=O) groups is 2. The molecule has 2 aromatic carbocycles. The molecule has 0 aromatic heterocycles. The highest BCUT2D eigenvalue weighted by molar-refractivity contribution is 6.00. The van der Waals surface area contributed by atoms with Gasteiger partial charge in [0, 0.05) is 12.6 Å². The van der Waals surface area contributed by atoms with E-state index in [1.54, 1.807) is 24.3 Å². The van der Waals surface area contributed by atoms with Crippen molar-refractivity contribution in [1.82, 2.24) is 5.32 Å². The third kappa shape index (κ3) is 5.97. The van der Waals surface area contributed by atoms with Crippen molar-refractivity contribution in [1.29, 1.82) is 0 Å². The molecule has 30 heavy (non-hydrogen) atoms. The van der Waals surface area contributed by atoms with E-state index in [4.69, 9.17) is 14.3 Å². The summed E-state index contributed by atoms with van der Waals surface area (Å²) in [5.74, 6) is -0.0332. The maximum absolute atomic E-state index is 12.5. The average molecular weight is 422 g/mol. The van der Waals surface area contributed by atoms with E-state index in [0.29, 0.717) is 17.7 Å². The maximum atomic E-state index is 12.5. The first-order valence-corrected chi connectivity index (χ1v) is 8.84. The number of imide groups is 1. The summed E-state index contributed by atoms with van der Waals surface area (Å²) in [7, 11) is 0. The molecular formula is C20H17F3N2O5. The lowest BCUT2D eigenvalue weighted by Gasteiger charge is -2.09. The Morgan fingerprint density at radius 2 is 1.70 bits per heavy atom. The number of amides is 2. The van der Waals surface area contributed by atoms with Crippen LogP contribution in [0.15, 0.2) is 53.7 Å². The van der Waals surface area contributed by atoms with Crippen LogP contribution in [0.25, 0.3) is 0 Å². The zero-order valence-corrected chi connectivity index (χ0v) is 15.5. The van der Waals surface area contributed by atoms with Crippen LogP contribution in [0.5, 0.6) is 5.75 Å². The molecule has 1 saturated heterocycles. The van der Waals surface area contributed by atoms with Gasteiger partial charge in [-0.15, -0.1) is 0 Å². The van der Waals surface area contributed by atoms with Crippen molar-refractivity contribution in [2.75, 3.05) is 6.61 Å². The normalized spacial score (nSPS) is 16.4. The van der Waals surface area contributed by atoms with E-state index >= 15 is 0 Å². The predicted molar refractivity (Wildman–Crippen MR) is 98.8 cm³/mol. The van der Waals surface area contributed by atoms with Crippen LogP contribution in [-0.4, -0.2) is 30.9 Å². The molecule has 0 spiro atoms. The van der Waals surface area contributed by atoms with Gasteiger partial charge in [-0.1, -0.05) is 29.4 Å². The quantitative estimate of drug-likeness (QED) is 0.520. The zero-order chi connectivity index (χ0) is 21.6. The van der Waals surface area contributed by atoms with Gasteiger partial charge in [-0.2, -0.15) is 13.2 Å². The standard InChI is InChI=1S/C20H17F3N2O5/c21-20(22,23)15-5-1-14(2-6-15)11-29-24-10-9-13-3-7-16(8-4-13)28-12-17-18(26)25-19(27)30-17/h1-8,10,17H,9,11-12H2,(H,25,26,27). The second kappa shape index (κ2) is 9.29. The average Bonchev–Trinajstić information content (AvgIpc) is 3.04. The van der Waals surface area contributed by atoms with Crippen LogP contribution in [0, 0.1) is 0 Å². The second-order valence-electron chi connectivity index (χ2n) is 6.30. The second-order valence-corrected chi connectivity index (χ2v) is 6.30. The lowest BCUT2D eigenvalue weighted by molar-refractivity contribution is -0.137. The smallest absolute Gasteiger partial charge is 0.416 e. The molecule has 7 nitrogen and oxygen atoms in total. The van der Waals surface area contributed by atoms with E-state index < -0.39 is 29.8 Å². The van der Waals surface area contributed by atoms with Crippen LogP contribution in [0.1, 0.15) is 16.7 Å². The first-order valence-electron chi connectivity index (χ1n) is 8.84. The van der Waals surface area contributed by atoms with Gasteiger partial charge in [0.25, 0.3) is 5.91 Å². The largest absolute Gasteiger partial charge is 0.489 e. The zero-order valence-electron chi connectivity index (χ0n) is 15.5. The summed E-state index contributed by atoms with van der Waals surface area (Å²) in [6.45, 7) is -0.0309. The van der Waals surface area contributed by atoms with Gasteiger partial charge < -0.3 is 14.3 Å². The molecule has 0 bridgehead atoms. The van der Waals surface area contributed by atoms with Gasteiger partial charge >= 0.3 is 12.3 Å². The van der Waals surface area contributed by atoms with E-state index in [-0.39, 0.29) is 13.2 Å². The number of hydrogen-bond donors (Lipinski definition) is 1. The molecule has 0 radical (unpaired) electrons. The summed E-state index contributed by atoms with van der Waals surface area (Å²) in [6, 6.07) is 11.6. The van der Waals surface area contributed by atoms with Gasteiger partial charge in [0.15, 0.2) is 0 Å². The van der Waals surface area contributed by atoms with Crippen molar-refractivity contribution >= 4 is 18.2 Å². The van der Waals surface area contributed by atoms with Gasteiger partial charge in [-0.25, -0.2) is 4.79 Å². The van der Waals surface area contributed by atoms with Gasteiger partial charge in [-0.05, 0) is 35.4 Å². The molecule has 10 heteroatoms. The summed E-state index contributed by atoms with van der Waals surface area (Å²) >= 11 is 0.